The SMILES string of the molecule is CCCOc1cccc(NC(=S)NC(=O)c2cccc(OCCC(C)C)c2)c1. The van der Waals surface area contributed by atoms with E-state index in [4.69, 9.17) is 21.7 Å². The minimum atomic E-state index is -0.287. The number of hydrogen-bond acceptors (Lipinski definition) is 4. The van der Waals surface area contributed by atoms with Crippen LogP contribution < -0.4 is 20.1 Å². The number of rotatable bonds is 9. The molecule has 0 aliphatic carbocycles. The van der Waals surface area contributed by atoms with Gasteiger partial charge in [-0.3, -0.25) is 10.1 Å². The number of thiocarbonyl (C=S) groups is 1. The molecule has 5 nitrogen and oxygen atoms in total. The van der Waals surface area contributed by atoms with Crippen LogP contribution in [0.5, 0.6) is 11.5 Å². The average molecular weight is 401 g/mol. The van der Waals surface area contributed by atoms with Crippen LogP contribution in [0.25, 0.3) is 0 Å². The van der Waals surface area contributed by atoms with Gasteiger partial charge in [0.25, 0.3) is 5.91 Å². The molecule has 0 fully saturated rings. The molecule has 0 saturated heterocycles. The van der Waals surface area contributed by atoms with E-state index in [1.165, 1.54) is 0 Å². The molecule has 0 heterocycles. The maximum Gasteiger partial charge on any atom is 0.257 e. The van der Waals surface area contributed by atoms with Gasteiger partial charge >= 0.3 is 0 Å². The summed E-state index contributed by atoms with van der Waals surface area (Å²) >= 11 is 5.26. The highest BCUT2D eigenvalue weighted by molar-refractivity contribution is 7.80. The van der Waals surface area contributed by atoms with Crippen LogP contribution in [0, 0.1) is 5.92 Å². The highest BCUT2D eigenvalue weighted by Gasteiger charge is 2.10. The predicted octanol–water partition coefficient (Wildman–Crippen LogP) is 5.03. The molecule has 2 aromatic carbocycles. The highest BCUT2D eigenvalue weighted by atomic mass is 32.1. The molecule has 0 unspecified atom stereocenters. The van der Waals surface area contributed by atoms with Crippen LogP contribution in [0.2, 0.25) is 0 Å². The lowest BCUT2D eigenvalue weighted by atomic mass is 10.1. The van der Waals surface area contributed by atoms with Gasteiger partial charge in [-0.25, -0.2) is 0 Å². The zero-order chi connectivity index (χ0) is 20.4. The lowest BCUT2D eigenvalue weighted by molar-refractivity contribution is 0.0977. The monoisotopic (exact) mass is 400 g/mol. The van der Waals surface area contributed by atoms with Crippen LogP contribution in [-0.2, 0) is 0 Å². The summed E-state index contributed by atoms with van der Waals surface area (Å²) in [7, 11) is 0. The molecule has 1 amide bonds. The van der Waals surface area contributed by atoms with Crippen molar-refractivity contribution in [3.8, 4) is 11.5 Å². The third kappa shape index (κ3) is 7.56. The first kappa shape index (κ1) is 21.7. The van der Waals surface area contributed by atoms with Crippen LogP contribution >= 0.6 is 12.2 Å². The standard InChI is InChI=1S/C22H28N2O3S/c1-4-12-26-20-10-6-8-18(15-20)23-22(28)24-21(25)17-7-5-9-19(14-17)27-13-11-16(2)3/h5-10,14-16H,4,11-13H2,1-3H3,(H2,23,24,25,28). The molecule has 0 aromatic heterocycles. The van der Waals surface area contributed by atoms with Crippen molar-refractivity contribution < 1.29 is 14.3 Å². The number of carbonyl (C=O) groups excluding carboxylic acids is 1. The van der Waals surface area contributed by atoms with E-state index in [9.17, 15) is 4.79 Å². The maximum absolute atomic E-state index is 12.5. The molecule has 0 radical (unpaired) electrons. The van der Waals surface area contributed by atoms with Gasteiger partial charge in [0.2, 0.25) is 0 Å². The third-order valence-electron chi connectivity index (χ3n) is 3.85. The Morgan fingerprint density at radius 2 is 1.71 bits per heavy atom. The van der Waals surface area contributed by atoms with Crippen LogP contribution in [0.4, 0.5) is 5.69 Å². The van der Waals surface area contributed by atoms with Crippen LogP contribution in [0.15, 0.2) is 48.5 Å². The topological polar surface area (TPSA) is 59.6 Å². The Bertz CT molecular complexity index is 793. The van der Waals surface area contributed by atoms with E-state index < -0.39 is 0 Å². The molecule has 0 spiro atoms. The molecule has 0 bridgehead atoms. The molecule has 6 heteroatoms. The van der Waals surface area contributed by atoms with Crippen molar-refractivity contribution in [2.24, 2.45) is 5.92 Å². The average Bonchev–Trinajstić information content (AvgIpc) is 2.66. The summed E-state index contributed by atoms with van der Waals surface area (Å²) in [6.45, 7) is 7.62. The molecule has 150 valence electrons. The van der Waals surface area contributed by atoms with Gasteiger partial charge < -0.3 is 14.8 Å². The number of hydrogen-bond donors (Lipinski definition) is 2. The van der Waals surface area contributed by atoms with E-state index >= 15 is 0 Å². The first-order valence-corrected chi connectivity index (χ1v) is 9.96. The van der Waals surface area contributed by atoms with E-state index in [0.717, 1.165) is 24.3 Å². The van der Waals surface area contributed by atoms with Gasteiger partial charge in [0.15, 0.2) is 5.11 Å². The van der Waals surface area contributed by atoms with Crippen LogP contribution in [-0.4, -0.2) is 24.2 Å². The van der Waals surface area contributed by atoms with Gasteiger partial charge in [-0.15, -0.1) is 0 Å². The predicted molar refractivity (Wildman–Crippen MR) is 117 cm³/mol. The summed E-state index contributed by atoms with van der Waals surface area (Å²) in [5.41, 5.74) is 1.25. The largest absolute Gasteiger partial charge is 0.494 e. The summed E-state index contributed by atoms with van der Waals surface area (Å²) in [5, 5.41) is 5.93. The Labute approximate surface area is 172 Å². The Hall–Kier alpha value is -2.60. The fraction of sp³-hybridized carbons (Fsp3) is 0.364. The van der Waals surface area contributed by atoms with E-state index in [1.54, 1.807) is 18.2 Å². The molecule has 2 aromatic rings. The van der Waals surface area contributed by atoms with E-state index in [1.807, 2.05) is 30.3 Å². The molecule has 0 aliphatic rings. The molecular formula is C22H28N2O3S. The number of carbonyl (C=O) groups is 1. The quantitative estimate of drug-likeness (QED) is 0.578. The van der Waals surface area contributed by atoms with Gasteiger partial charge in [0, 0.05) is 17.3 Å². The van der Waals surface area contributed by atoms with E-state index in [2.05, 4.69) is 31.4 Å². The number of anilines is 1. The minimum absolute atomic E-state index is 0.226. The minimum Gasteiger partial charge on any atom is -0.494 e. The molecule has 2 N–H and O–H groups in total. The normalized spacial score (nSPS) is 10.4. The Balaban J connectivity index is 1.91. The molecule has 2 rings (SSSR count). The van der Waals surface area contributed by atoms with Crippen molar-refractivity contribution in [2.75, 3.05) is 18.5 Å². The van der Waals surface area contributed by atoms with Crippen LogP contribution in [0.3, 0.4) is 0 Å². The van der Waals surface area contributed by atoms with Crippen molar-refractivity contribution >= 4 is 28.9 Å². The smallest absolute Gasteiger partial charge is 0.257 e. The molecule has 28 heavy (non-hydrogen) atoms. The lowest BCUT2D eigenvalue weighted by Gasteiger charge is -2.12. The maximum atomic E-state index is 12.5. The first-order chi connectivity index (χ1) is 13.5. The number of nitrogens with one attached hydrogen (secondary N) is 2. The van der Waals surface area contributed by atoms with Gasteiger partial charge in [-0.05, 0) is 61.3 Å². The summed E-state index contributed by atoms with van der Waals surface area (Å²) in [6, 6.07) is 14.5. The Kier molecular flexibility index (Phi) is 8.75. The molecule has 0 saturated carbocycles. The fourth-order valence-corrected chi connectivity index (χ4v) is 2.57. The summed E-state index contributed by atoms with van der Waals surface area (Å²) in [6.07, 6.45) is 1.90. The summed E-state index contributed by atoms with van der Waals surface area (Å²) in [4.78, 5) is 12.5. The van der Waals surface area contributed by atoms with E-state index in [-0.39, 0.29) is 11.0 Å². The zero-order valence-electron chi connectivity index (χ0n) is 16.7. The fourth-order valence-electron chi connectivity index (χ4n) is 2.36. The molecule has 0 aliphatic heterocycles. The van der Waals surface area contributed by atoms with Crippen molar-refractivity contribution in [3.63, 3.8) is 0 Å². The number of amides is 1. The van der Waals surface area contributed by atoms with Crippen LogP contribution in [0.1, 0.15) is 44.0 Å². The zero-order valence-corrected chi connectivity index (χ0v) is 17.5. The highest BCUT2D eigenvalue weighted by Crippen LogP contribution is 2.18. The van der Waals surface area contributed by atoms with Crippen molar-refractivity contribution in [1.29, 1.82) is 0 Å². The van der Waals surface area contributed by atoms with Crippen molar-refractivity contribution in [3.05, 3.63) is 54.1 Å². The second-order valence-corrected chi connectivity index (χ2v) is 7.25. The summed E-state index contributed by atoms with van der Waals surface area (Å²) in [5.74, 6) is 1.71. The second kappa shape index (κ2) is 11.3. The molecule has 0 atom stereocenters. The number of ether oxygens (including phenoxy) is 2. The van der Waals surface area contributed by atoms with Gasteiger partial charge in [0.1, 0.15) is 11.5 Å². The third-order valence-corrected chi connectivity index (χ3v) is 4.06. The second-order valence-electron chi connectivity index (χ2n) is 6.84. The van der Waals surface area contributed by atoms with E-state index in [0.29, 0.717) is 30.4 Å². The Morgan fingerprint density at radius 3 is 2.43 bits per heavy atom. The van der Waals surface area contributed by atoms with Crippen molar-refractivity contribution in [1.82, 2.24) is 5.32 Å². The molecular weight excluding hydrogens is 372 g/mol. The first-order valence-electron chi connectivity index (χ1n) is 9.56. The summed E-state index contributed by atoms with van der Waals surface area (Å²) < 4.78 is 11.3. The van der Waals surface area contributed by atoms with Crippen molar-refractivity contribution in [2.45, 2.75) is 33.6 Å². The van der Waals surface area contributed by atoms with Gasteiger partial charge in [-0.1, -0.05) is 32.9 Å². The lowest BCUT2D eigenvalue weighted by Crippen LogP contribution is -2.34. The van der Waals surface area contributed by atoms with Gasteiger partial charge in [0.05, 0.1) is 13.2 Å². The number of benzene rings is 2. The Morgan fingerprint density at radius 1 is 1.04 bits per heavy atom. The van der Waals surface area contributed by atoms with Gasteiger partial charge in [-0.2, -0.15) is 0 Å².